The molecule has 6 nitrogen and oxygen atoms in total. The molecule has 0 radical (unpaired) electrons. The van der Waals surface area contributed by atoms with Crippen LogP contribution in [0.3, 0.4) is 0 Å². The number of β-amino-alcohol motifs (C(OH)–C–C–N with tert-alkyl or cyclic N) is 1. The maximum Gasteiger partial charge on any atom is 0.191 e. The summed E-state index contributed by atoms with van der Waals surface area (Å²) in [5, 5.41) is 17.6. The van der Waals surface area contributed by atoms with E-state index in [9.17, 15) is 5.11 Å². The standard InChI is InChI=1S/C20H31BrN4O2.HI/c1-3-22-19(23-13-20(2,26)14-25-8-10-27-11-9-25)24-18-12-17(18)15-4-6-16(21)7-5-15;/h4-7,17-18,26H,3,8-14H2,1-2H3,(H2,22,23,24);1H. The number of rotatable bonds is 7. The lowest BCUT2D eigenvalue weighted by atomic mass is 10.1. The van der Waals surface area contributed by atoms with Crippen LogP contribution in [-0.4, -0.2) is 73.5 Å². The zero-order valence-electron chi connectivity index (χ0n) is 16.7. The first-order chi connectivity index (χ1) is 13.0. The van der Waals surface area contributed by atoms with E-state index in [1.165, 1.54) is 5.56 Å². The van der Waals surface area contributed by atoms with Gasteiger partial charge in [0.1, 0.15) is 0 Å². The van der Waals surface area contributed by atoms with Crippen LogP contribution in [-0.2, 0) is 4.74 Å². The average molecular weight is 567 g/mol. The Bertz CT molecular complexity index is 636. The van der Waals surface area contributed by atoms with E-state index in [1.54, 1.807) is 0 Å². The minimum Gasteiger partial charge on any atom is -0.387 e. The fourth-order valence-electron chi connectivity index (χ4n) is 3.47. The van der Waals surface area contributed by atoms with E-state index in [0.29, 0.717) is 25.0 Å². The first-order valence-corrected chi connectivity index (χ1v) is 10.6. The quantitative estimate of drug-likeness (QED) is 0.269. The molecule has 2 aliphatic rings. The van der Waals surface area contributed by atoms with E-state index in [1.807, 2.05) is 6.92 Å². The van der Waals surface area contributed by atoms with Gasteiger partial charge in [0.05, 0.1) is 25.4 Å². The third-order valence-corrected chi connectivity index (χ3v) is 5.53. The average Bonchev–Trinajstić information content (AvgIpc) is 3.40. The van der Waals surface area contributed by atoms with Crippen molar-refractivity contribution in [2.45, 2.75) is 37.8 Å². The van der Waals surface area contributed by atoms with Crippen LogP contribution < -0.4 is 10.6 Å². The van der Waals surface area contributed by atoms with Crippen LogP contribution in [0.2, 0.25) is 0 Å². The molecule has 0 amide bonds. The summed E-state index contributed by atoms with van der Waals surface area (Å²) in [6, 6.07) is 8.93. The van der Waals surface area contributed by atoms with Crippen molar-refractivity contribution in [1.29, 1.82) is 0 Å². The Hall–Kier alpha value is -0.420. The maximum atomic E-state index is 10.7. The molecule has 8 heteroatoms. The van der Waals surface area contributed by atoms with Crippen LogP contribution in [0.25, 0.3) is 0 Å². The molecule has 0 spiro atoms. The second kappa shape index (κ2) is 11.1. The number of ether oxygens (including phenoxy) is 1. The predicted molar refractivity (Wildman–Crippen MR) is 128 cm³/mol. The van der Waals surface area contributed by atoms with Crippen molar-refractivity contribution in [3.8, 4) is 0 Å². The van der Waals surface area contributed by atoms with E-state index in [-0.39, 0.29) is 24.0 Å². The fourth-order valence-corrected chi connectivity index (χ4v) is 3.73. The van der Waals surface area contributed by atoms with Gasteiger partial charge < -0.3 is 20.5 Å². The zero-order valence-corrected chi connectivity index (χ0v) is 20.6. The van der Waals surface area contributed by atoms with Gasteiger partial charge in [0.15, 0.2) is 5.96 Å². The van der Waals surface area contributed by atoms with Crippen LogP contribution in [0.4, 0.5) is 0 Å². The first-order valence-electron chi connectivity index (χ1n) is 9.79. The molecule has 0 aromatic heterocycles. The minimum absolute atomic E-state index is 0. The van der Waals surface area contributed by atoms with Gasteiger partial charge in [-0.1, -0.05) is 28.1 Å². The highest BCUT2D eigenvalue weighted by molar-refractivity contribution is 14.0. The molecule has 3 unspecified atom stereocenters. The molecule has 1 heterocycles. The Morgan fingerprint density at radius 3 is 2.64 bits per heavy atom. The summed E-state index contributed by atoms with van der Waals surface area (Å²) in [6.45, 7) is 8.92. The number of halogens is 2. The van der Waals surface area contributed by atoms with Crippen LogP contribution >= 0.6 is 39.9 Å². The second-order valence-corrected chi connectivity index (χ2v) is 8.64. The van der Waals surface area contributed by atoms with Gasteiger partial charge in [-0.15, -0.1) is 24.0 Å². The highest BCUT2D eigenvalue weighted by Crippen LogP contribution is 2.41. The molecule has 1 aliphatic carbocycles. The Kier molecular flexibility index (Phi) is 9.46. The molecule has 28 heavy (non-hydrogen) atoms. The molecule has 158 valence electrons. The van der Waals surface area contributed by atoms with E-state index in [2.05, 4.69) is 67.6 Å². The van der Waals surface area contributed by atoms with E-state index >= 15 is 0 Å². The van der Waals surface area contributed by atoms with Crippen molar-refractivity contribution in [3.63, 3.8) is 0 Å². The number of nitrogens with one attached hydrogen (secondary N) is 2. The Morgan fingerprint density at radius 2 is 2.00 bits per heavy atom. The van der Waals surface area contributed by atoms with Crippen LogP contribution in [0, 0.1) is 0 Å². The van der Waals surface area contributed by atoms with Gasteiger partial charge in [-0.05, 0) is 38.0 Å². The molecular weight excluding hydrogens is 535 g/mol. The highest BCUT2D eigenvalue weighted by Gasteiger charge is 2.39. The third kappa shape index (κ3) is 7.44. The summed E-state index contributed by atoms with van der Waals surface area (Å²) >= 11 is 3.49. The number of morpholine rings is 1. The molecule has 3 rings (SSSR count). The third-order valence-electron chi connectivity index (χ3n) is 5.00. The second-order valence-electron chi connectivity index (χ2n) is 7.73. The number of hydrogen-bond donors (Lipinski definition) is 3. The van der Waals surface area contributed by atoms with Gasteiger partial charge in [-0.2, -0.15) is 0 Å². The SMILES string of the molecule is CCNC(=NCC(C)(O)CN1CCOCC1)NC1CC1c1ccc(Br)cc1.I. The van der Waals surface area contributed by atoms with Crippen molar-refractivity contribution >= 4 is 45.9 Å². The Balaban J connectivity index is 0.00000280. The normalized spacial score (nSPS) is 24.8. The van der Waals surface area contributed by atoms with Gasteiger partial charge in [-0.3, -0.25) is 9.89 Å². The molecule has 3 N–H and O–H groups in total. The summed E-state index contributed by atoms with van der Waals surface area (Å²) in [6.07, 6.45) is 1.11. The molecule has 1 aliphatic heterocycles. The van der Waals surface area contributed by atoms with Crippen molar-refractivity contribution < 1.29 is 9.84 Å². The number of guanidine groups is 1. The van der Waals surface area contributed by atoms with Crippen molar-refractivity contribution in [3.05, 3.63) is 34.3 Å². The molecular formula is C20H32BrIN4O2. The van der Waals surface area contributed by atoms with E-state index < -0.39 is 5.60 Å². The highest BCUT2D eigenvalue weighted by atomic mass is 127. The molecule has 0 bridgehead atoms. The van der Waals surface area contributed by atoms with Crippen LogP contribution in [0.1, 0.15) is 31.7 Å². The van der Waals surface area contributed by atoms with Crippen LogP contribution in [0.15, 0.2) is 33.7 Å². The maximum absolute atomic E-state index is 10.7. The van der Waals surface area contributed by atoms with Gasteiger partial charge in [0.25, 0.3) is 0 Å². The minimum atomic E-state index is -0.853. The summed E-state index contributed by atoms with van der Waals surface area (Å²) < 4.78 is 6.48. The van der Waals surface area contributed by atoms with Gasteiger partial charge in [-0.25, -0.2) is 0 Å². The van der Waals surface area contributed by atoms with Crippen molar-refractivity contribution in [2.24, 2.45) is 4.99 Å². The number of hydrogen-bond acceptors (Lipinski definition) is 4. The number of aliphatic imine (C=N–C) groups is 1. The molecule has 1 aromatic carbocycles. The molecule has 2 fully saturated rings. The monoisotopic (exact) mass is 566 g/mol. The van der Waals surface area contributed by atoms with E-state index in [4.69, 9.17) is 4.74 Å². The number of nitrogens with zero attached hydrogens (tertiary/aromatic N) is 2. The zero-order chi connectivity index (χ0) is 19.3. The number of benzene rings is 1. The lowest BCUT2D eigenvalue weighted by Crippen LogP contribution is -2.48. The molecule has 1 saturated carbocycles. The Labute approximate surface area is 193 Å². The molecule has 1 saturated heterocycles. The van der Waals surface area contributed by atoms with E-state index in [0.717, 1.165) is 49.7 Å². The predicted octanol–water partition coefficient (Wildman–Crippen LogP) is 2.56. The number of aliphatic hydroxyl groups is 1. The molecule has 1 aromatic rings. The van der Waals surface area contributed by atoms with Gasteiger partial charge in [0.2, 0.25) is 0 Å². The summed E-state index contributed by atoms with van der Waals surface area (Å²) in [5.74, 6) is 1.31. The smallest absolute Gasteiger partial charge is 0.191 e. The summed E-state index contributed by atoms with van der Waals surface area (Å²) in [7, 11) is 0. The topological polar surface area (TPSA) is 69.1 Å². The lowest BCUT2D eigenvalue weighted by Gasteiger charge is -2.33. The van der Waals surface area contributed by atoms with Gasteiger partial charge in [0, 0.05) is 42.6 Å². The van der Waals surface area contributed by atoms with Crippen molar-refractivity contribution in [2.75, 3.05) is 45.9 Å². The summed E-state index contributed by atoms with van der Waals surface area (Å²) in [5.41, 5.74) is 0.500. The molecule has 3 atom stereocenters. The van der Waals surface area contributed by atoms with Crippen LogP contribution in [0.5, 0.6) is 0 Å². The van der Waals surface area contributed by atoms with Crippen molar-refractivity contribution in [1.82, 2.24) is 15.5 Å². The largest absolute Gasteiger partial charge is 0.387 e. The Morgan fingerprint density at radius 1 is 1.32 bits per heavy atom. The summed E-state index contributed by atoms with van der Waals surface area (Å²) in [4.78, 5) is 6.89. The fraction of sp³-hybridized carbons (Fsp3) is 0.650. The lowest BCUT2D eigenvalue weighted by molar-refractivity contribution is -0.0180. The first kappa shape index (κ1) is 23.9. The van der Waals surface area contributed by atoms with Gasteiger partial charge >= 0.3 is 0 Å².